The molecule has 4 rings (SSSR count). The van der Waals surface area contributed by atoms with Crippen LogP contribution in [-0.4, -0.2) is 28.7 Å². The predicted octanol–water partition coefficient (Wildman–Crippen LogP) is 4.10. The number of imide groups is 1. The van der Waals surface area contributed by atoms with Crippen LogP contribution in [0.4, 0.5) is 5.69 Å². The molecule has 0 saturated carbocycles. The lowest BCUT2D eigenvalue weighted by Gasteiger charge is -2.26. The Hall–Kier alpha value is -3.73. The molecule has 1 heterocycles. The van der Waals surface area contributed by atoms with Crippen molar-refractivity contribution in [3.8, 4) is 0 Å². The fourth-order valence-corrected chi connectivity index (χ4v) is 3.80. The monoisotopic (exact) mass is 398 g/mol. The van der Waals surface area contributed by atoms with E-state index in [1.54, 1.807) is 24.3 Å². The van der Waals surface area contributed by atoms with Crippen molar-refractivity contribution in [3.05, 3.63) is 101 Å². The Morgan fingerprint density at radius 3 is 2.03 bits per heavy atom. The molecule has 0 aromatic heterocycles. The Balaban J connectivity index is 1.69. The lowest BCUT2D eigenvalue weighted by atomic mass is 10.0. The topological polar surface area (TPSA) is 66.5 Å². The van der Waals surface area contributed by atoms with Crippen LogP contribution in [0.2, 0.25) is 0 Å². The first-order valence-electron chi connectivity index (χ1n) is 9.99. The summed E-state index contributed by atoms with van der Waals surface area (Å²) in [6.07, 6.45) is 0.999. The number of carbonyl (C=O) groups is 3. The number of aryl methyl sites for hydroxylation is 1. The number of amides is 3. The second kappa shape index (κ2) is 8.33. The van der Waals surface area contributed by atoms with Crippen LogP contribution < -0.4 is 5.32 Å². The minimum absolute atomic E-state index is 0.242. The van der Waals surface area contributed by atoms with E-state index >= 15 is 0 Å². The van der Waals surface area contributed by atoms with E-state index in [4.69, 9.17) is 0 Å². The smallest absolute Gasteiger partial charge is 0.262 e. The largest absolute Gasteiger partial charge is 0.324 e. The number of hydrogen-bond acceptors (Lipinski definition) is 3. The summed E-state index contributed by atoms with van der Waals surface area (Å²) in [6.45, 7) is 2.01. The highest BCUT2D eigenvalue weighted by Crippen LogP contribution is 2.27. The van der Waals surface area contributed by atoms with Crippen LogP contribution in [0.3, 0.4) is 0 Å². The quantitative estimate of drug-likeness (QED) is 0.636. The maximum Gasteiger partial charge on any atom is 0.262 e. The molecule has 1 atom stereocenters. The molecule has 150 valence electrons. The fraction of sp³-hybridized carbons (Fsp3) is 0.160. The van der Waals surface area contributed by atoms with Gasteiger partial charge in [-0.15, -0.1) is 0 Å². The number of hydrogen-bond donors (Lipinski definition) is 1. The molecule has 3 aromatic carbocycles. The summed E-state index contributed by atoms with van der Waals surface area (Å²) in [7, 11) is 0. The van der Waals surface area contributed by atoms with E-state index in [1.807, 2.05) is 61.5 Å². The molecule has 5 nitrogen and oxygen atoms in total. The zero-order chi connectivity index (χ0) is 21.1. The number of nitrogens with zero attached hydrogens (tertiary/aromatic N) is 1. The lowest BCUT2D eigenvalue weighted by molar-refractivity contribution is -0.119. The van der Waals surface area contributed by atoms with Crippen LogP contribution in [-0.2, 0) is 17.6 Å². The number of rotatable bonds is 6. The highest BCUT2D eigenvalue weighted by atomic mass is 16.2. The van der Waals surface area contributed by atoms with E-state index in [0.717, 1.165) is 22.4 Å². The fourth-order valence-electron chi connectivity index (χ4n) is 3.80. The third-order valence-corrected chi connectivity index (χ3v) is 5.37. The van der Waals surface area contributed by atoms with E-state index in [0.29, 0.717) is 16.8 Å². The SMILES string of the molecule is CCc1ccccc1NC(=O)[C@@H](Cc1ccccc1)N1C(=O)c2ccccc2C1=O. The number of carbonyl (C=O) groups excluding carboxylic acids is 3. The Labute approximate surface area is 175 Å². The van der Waals surface area contributed by atoms with E-state index < -0.39 is 17.9 Å². The lowest BCUT2D eigenvalue weighted by Crippen LogP contribution is -2.48. The molecule has 1 N–H and O–H groups in total. The van der Waals surface area contributed by atoms with Crippen LogP contribution in [0, 0.1) is 0 Å². The molecule has 0 aliphatic carbocycles. The third-order valence-electron chi connectivity index (χ3n) is 5.37. The molecular weight excluding hydrogens is 376 g/mol. The van der Waals surface area contributed by atoms with Gasteiger partial charge in [-0.2, -0.15) is 0 Å². The highest BCUT2D eigenvalue weighted by Gasteiger charge is 2.42. The Bertz CT molecular complexity index is 1070. The van der Waals surface area contributed by atoms with Gasteiger partial charge >= 0.3 is 0 Å². The van der Waals surface area contributed by atoms with Crippen molar-refractivity contribution in [1.82, 2.24) is 4.90 Å². The summed E-state index contributed by atoms with van der Waals surface area (Å²) in [6, 6.07) is 22.7. The van der Waals surface area contributed by atoms with Gasteiger partial charge in [0.15, 0.2) is 0 Å². The number of fused-ring (bicyclic) bond motifs is 1. The van der Waals surface area contributed by atoms with Gasteiger partial charge in [0.2, 0.25) is 5.91 Å². The van der Waals surface area contributed by atoms with Gasteiger partial charge in [0.1, 0.15) is 6.04 Å². The summed E-state index contributed by atoms with van der Waals surface area (Å²) in [5, 5.41) is 2.94. The van der Waals surface area contributed by atoms with Crippen LogP contribution in [0.15, 0.2) is 78.9 Å². The van der Waals surface area contributed by atoms with Gasteiger partial charge < -0.3 is 5.32 Å². The van der Waals surface area contributed by atoms with Crippen LogP contribution in [0.25, 0.3) is 0 Å². The molecule has 0 fully saturated rings. The van der Waals surface area contributed by atoms with Gasteiger partial charge in [-0.3, -0.25) is 19.3 Å². The normalized spacial score (nSPS) is 13.8. The van der Waals surface area contributed by atoms with Gasteiger partial charge in [-0.25, -0.2) is 0 Å². The van der Waals surface area contributed by atoms with Crippen molar-refractivity contribution >= 4 is 23.4 Å². The van der Waals surface area contributed by atoms with E-state index in [9.17, 15) is 14.4 Å². The number of anilines is 1. The van der Waals surface area contributed by atoms with Gasteiger partial charge in [0, 0.05) is 12.1 Å². The van der Waals surface area contributed by atoms with Crippen molar-refractivity contribution < 1.29 is 14.4 Å². The van der Waals surface area contributed by atoms with Crippen molar-refractivity contribution in [1.29, 1.82) is 0 Å². The molecule has 3 aromatic rings. The molecule has 0 spiro atoms. The highest BCUT2D eigenvalue weighted by molar-refractivity contribution is 6.23. The van der Waals surface area contributed by atoms with Crippen molar-refractivity contribution in [3.63, 3.8) is 0 Å². The molecule has 0 saturated heterocycles. The summed E-state index contributed by atoms with van der Waals surface area (Å²) >= 11 is 0. The van der Waals surface area contributed by atoms with Crippen molar-refractivity contribution in [2.24, 2.45) is 0 Å². The first kappa shape index (κ1) is 19.6. The van der Waals surface area contributed by atoms with E-state index in [-0.39, 0.29) is 12.3 Å². The van der Waals surface area contributed by atoms with E-state index in [1.165, 1.54) is 0 Å². The maximum absolute atomic E-state index is 13.4. The van der Waals surface area contributed by atoms with Gasteiger partial charge in [-0.05, 0) is 35.7 Å². The Morgan fingerprint density at radius 2 is 1.40 bits per heavy atom. The number of nitrogens with one attached hydrogen (secondary N) is 1. The van der Waals surface area contributed by atoms with Crippen LogP contribution in [0.5, 0.6) is 0 Å². The standard InChI is InChI=1S/C25H22N2O3/c1-2-18-12-6-9-15-21(18)26-23(28)22(16-17-10-4-3-5-11-17)27-24(29)19-13-7-8-14-20(19)25(27)30/h3-15,22H,2,16H2,1H3,(H,26,28)/t22-/m1/s1. The van der Waals surface area contributed by atoms with Crippen molar-refractivity contribution in [2.75, 3.05) is 5.32 Å². The second-order valence-electron chi connectivity index (χ2n) is 7.23. The minimum atomic E-state index is -0.954. The summed E-state index contributed by atoms with van der Waals surface area (Å²) in [4.78, 5) is 40.5. The molecule has 1 aliphatic rings. The first-order chi connectivity index (χ1) is 14.6. The molecule has 30 heavy (non-hydrogen) atoms. The van der Waals surface area contributed by atoms with Gasteiger partial charge in [0.05, 0.1) is 11.1 Å². The predicted molar refractivity (Wildman–Crippen MR) is 115 cm³/mol. The average molecular weight is 398 g/mol. The molecule has 1 aliphatic heterocycles. The van der Waals surface area contributed by atoms with Crippen molar-refractivity contribution in [2.45, 2.75) is 25.8 Å². The molecule has 3 amide bonds. The van der Waals surface area contributed by atoms with Gasteiger partial charge in [-0.1, -0.05) is 67.6 Å². The molecule has 0 bridgehead atoms. The molecule has 0 unspecified atom stereocenters. The Morgan fingerprint density at radius 1 is 0.833 bits per heavy atom. The third kappa shape index (κ3) is 3.62. The minimum Gasteiger partial charge on any atom is -0.324 e. The zero-order valence-electron chi connectivity index (χ0n) is 16.7. The molecule has 0 radical (unpaired) electrons. The first-order valence-corrected chi connectivity index (χ1v) is 9.99. The zero-order valence-corrected chi connectivity index (χ0v) is 16.7. The van der Waals surface area contributed by atoms with E-state index in [2.05, 4.69) is 5.32 Å². The maximum atomic E-state index is 13.4. The summed E-state index contributed by atoms with van der Waals surface area (Å²) in [5.41, 5.74) is 3.23. The molecular formula is C25H22N2O3. The molecule has 5 heteroatoms. The summed E-state index contributed by atoms with van der Waals surface area (Å²) in [5.74, 6) is -1.25. The average Bonchev–Trinajstić information content (AvgIpc) is 3.03. The van der Waals surface area contributed by atoms with Crippen LogP contribution >= 0.6 is 0 Å². The second-order valence-corrected chi connectivity index (χ2v) is 7.23. The van der Waals surface area contributed by atoms with Gasteiger partial charge in [0.25, 0.3) is 11.8 Å². The number of benzene rings is 3. The van der Waals surface area contributed by atoms with Crippen LogP contribution in [0.1, 0.15) is 38.8 Å². The summed E-state index contributed by atoms with van der Waals surface area (Å²) < 4.78 is 0. The Kier molecular flexibility index (Phi) is 5.44. The number of para-hydroxylation sites is 1.